The van der Waals surface area contributed by atoms with E-state index in [1.807, 2.05) is 0 Å². The fourth-order valence-corrected chi connectivity index (χ4v) is 1.16. The van der Waals surface area contributed by atoms with E-state index in [2.05, 4.69) is 9.97 Å². The minimum atomic E-state index is -1.09. The van der Waals surface area contributed by atoms with Gasteiger partial charge in [-0.15, -0.1) is 0 Å². The molecule has 0 fully saturated rings. The average Bonchev–Trinajstić information content (AvgIpc) is 2.39. The number of rotatable bonds is 2. The van der Waals surface area contributed by atoms with Gasteiger partial charge in [0.2, 0.25) is 11.1 Å². The maximum absolute atomic E-state index is 10.5. The molecule has 2 aromatic rings. The first-order valence-corrected chi connectivity index (χ1v) is 5.24. The molecule has 0 radical (unpaired) electrons. The van der Waals surface area contributed by atoms with Crippen molar-refractivity contribution in [1.82, 2.24) is 9.97 Å². The van der Waals surface area contributed by atoms with E-state index in [1.54, 1.807) is 0 Å². The van der Waals surface area contributed by atoms with E-state index < -0.39 is 23.1 Å². The topological polar surface area (TPSA) is 140 Å². The Morgan fingerprint density at radius 3 is 1.33 bits per heavy atom. The molecule has 9 heteroatoms. The van der Waals surface area contributed by atoms with E-state index >= 15 is 0 Å². The molecule has 0 atom stereocenters. The number of aromatic nitrogens is 2. The van der Waals surface area contributed by atoms with Gasteiger partial charge in [-0.2, -0.15) is 0 Å². The van der Waals surface area contributed by atoms with Crippen LogP contribution in [-0.4, -0.2) is 32.1 Å². The van der Waals surface area contributed by atoms with Crippen LogP contribution in [0.25, 0.3) is 0 Å². The first kappa shape index (κ1) is 18.4. The summed E-state index contributed by atoms with van der Waals surface area (Å²) in [5.41, 5.74) is -0.799. The summed E-state index contributed by atoms with van der Waals surface area (Å²) in [6, 6.07) is 4.71. The van der Waals surface area contributed by atoms with Crippen molar-refractivity contribution in [2.75, 3.05) is 0 Å². The Morgan fingerprint density at radius 2 is 1.14 bits per heavy atom. The Balaban J connectivity index is 0.000000364. The van der Waals surface area contributed by atoms with Crippen LogP contribution in [0.2, 0.25) is 0 Å². The van der Waals surface area contributed by atoms with E-state index in [0.29, 0.717) is 0 Å². The van der Waals surface area contributed by atoms with Crippen molar-refractivity contribution in [2.24, 2.45) is 0 Å². The quantitative estimate of drug-likeness (QED) is 0.576. The van der Waals surface area contributed by atoms with Crippen LogP contribution >= 0.6 is 0 Å². The second-order valence-corrected chi connectivity index (χ2v) is 3.49. The van der Waals surface area contributed by atoms with Crippen LogP contribution in [0.3, 0.4) is 0 Å². The Labute approximate surface area is 127 Å². The second kappa shape index (κ2) is 8.51. The molecule has 0 aliphatic heterocycles. The molecule has 0 spiro atoms. The number of aromatic amines is 2. The van der Waals surface area contributed by atoms with E-state index in [9.17, 15) is 19.2 Å². The second-order valence-electron chi connectivity index (χ2n) is 3.49. The molecule has 21 heavy (non-hydrogen) atoms. The third kappa shape index (κ3) is 6.37. The zero-order chi connectivity index (χ0) is 15.1. The number of hydrogen-bond donors (Lipinski definition) is 4. The molecule has 2 heterocycles. The standard InChI is InChI=1S/2C6H5NO3.Fe/c2*8-5-3-4(6(9)10)1-2-7-5;/h2*1-3H,(H,7,8)(H,9,10);. The zero-order valence-electron chi connectivity index (χ0n) is 10.3. The molecule has 0 unspecified atom stereocenters. The van der Waals surface area contributed by atoms with Gasteiger partial charge in [0.15, 0.2) is 0 Å². The Kier molecular flexibility index (Phi) is 7.44. The van der Waals surface area contributed by atoms with Crippen LogP contribution in [0.5, 0.6) is 0 Å². The van der Waals surface area contributed by atoms with Crippen molar-refractivity contribution in [3.8, 4) is 0 Å². The van der Waals surface area contributed by atoms with Crippen molar-refractivity contribution in [3.63, 3.8) is 0 Å². The first-order valence-electron chi connectivity index (χ1n) is 5.24. The fourth-order valence-electron chi connectivity index (χ4n) is 1.16. The van der Waals surface area contributed by atoms with Crippen LogP contribution < -0.4 is 11.1 Å². The van der Waals surface area contributed by atoms with Gasteiger partial charge in [-0.05, 0) is 12.1 Å². The van der Waals surface area contributed by atoms with Gasteiger partial charge >= 0.3 is 11.9 Å². The Bertz CT molecular complexity index is 673. The van der Waals surface area contributed by atoms with Gasteiger partial charge in [-0.1, -0.05) is 0 Å². The van der Waals surface area contributed by atoms with Gasteiger partial charge in [-0.3, -0.25) is 9.59 Å². The van der Waals surface area contributed by atoms with Crippen LogP contribution in [0.1, 0.15) is 20.7 Å². The number of aromatic carboxylic acids is 2. The molecule has 0 aliphatic rings. The molecule has 0 aliphatic carbocycles. The van der Waals surface area contributed by atoms with E-state index in [0.717, 1.165) is 12.1 Å². The van der Waals surface area contributed by atoms with E-state index in [4.69, 9.17) is 10.2 Å². The molecule has 0 aromatic carbocycles. The molecule has 8 nitrogen and oxygen atoms in total. The summed E-state index contributed by atoms with van der Waals surface area (Å²) in [5.74, 6) is -2.18. The maximum Gasteiger partial charge on any atom is 0.335 e. The number of hydrogen-bond acceptors (Lipinski definition) is 4. The minimum Gasteiger partial charge on any atom is -0.478 e. The summed E-state index contributed by atoms with van der Waals surface area (Å²) in [7, 11) is 0. The number of nitrogens with one attached hydrogen (secondary N) is 2. The zero-order valence-corrected chi connectivity index (χ0v) is 11.4. The number of H-pyrrole nitrogens is 2. The third-order valence-corrected chi connectivity index (χ3v) is 2.04. The van der Waals surface area contributed by atoms with Crippen molar-refractivity contribution in [2.45, 2.75) is 0 Å². The van der Waals surface area contributed by atoms with Crippen LogP contribution in [0.4, 0.5) is 0 Å². The molecule has 4 N–H and O–H groups in total. The first-order chi connectivity index (χ1) is 9.40. The van der Waals surface area contributed by atoms with Gasteiger partial charge < -0.3 is 20.2 Å². The Morgan fingerprint density at radius 1 is 0.810 bits per heavy atom. The van der Waals surface area contributed by atoms with Crippen molar-refractivity contribution >= 4 is 11.9 Å². The van der Waals surface area contributed by atoms with E-state index in [1.165, 1.54) is 24.5 Å². The molecular weight excluding hydrogens is 324 g/mol. The molecule has 0 saturated heterocycles. The SMILES string of the molecule is O=C(O)c1cc[nH]c(=O)c1.O=C(O)c1cc[nH]c(=O)c1.[Fe]. The van der Waals surface area contributed by atoms with Gasteiger partial charge in [0.1, 0.15) is 0 Å². The van der Waals surface area contributed by atoms with Gasteiger partial charge in [0, 0.05) is 41.6 Å². The number of carboxylic acid groups (broad SMARTS) is 2. The van der Waals surface area contributed by atoms with Crippen LogP contribution in [0.15, 0.2) is 46.2 Å². The van der Waals surface area contributed by atoms with E-state index in [-0.39, 0.29) is 28.2 Å². The molecule has 0 bridgehead atoms. The maximum atomic E-state index is 10.5. The van der Waals surface area contributed by atoms with Gasteiger partial charge in [-0.25, -0.2) is 9.59 Å². The summed E-state index contributed by atoms with van der Waals surface area (Å²) in [6.45, 7) is 0. The van der Waals surface area contributed by atoms with Crippen molar-refractivity contribution in [3.05, 3.63) is 68.5 Å². The Hall–Kier alpha value is -2.64. The summed E-state index contributed by atoms with van der Waals surface area (Å²) in [6.07, 6.45) is 2.59. The summed E-state index contributed by atoms with van der Waals surface area (Å²) in [5, 5.41) is 16.7. The van der Waals surface area contributed by atoms with Crippen LogP contribution in [-0.2, 0) is 17.1 Å². The minimum absolute atomic E-state index is 0. The summed E-state index contributed by atoms with van der Waals surface area (Å²) < 4.78 is 0. The predicted molar refractivity (Wildman–Crippen MR) is 68.0 cm³/mol. The largest absolute Gasteiger partial charge is 0.478 e. The molecule has 112 valence electrons. The van der Waals surface area contributed by atoms with Gasteiger partial charge in [0.25, 0.3) is 0 Å². The fraction of sp³-hybridized carbons (Fsp3) is 0. The molecular formula is C12H10FeN2O6. The molecule has 0 amide bonds. The number of carboxylic acids is 2. The van der Waals surface area contributed by atoms with Crippen LogP contribution in [0, 0.1) is 0 Å². The normalized spacial score (nSPS) is 8.76. The molecule has 2 rings (SSSR count). The summed E-state index contributed by atoms with van der Waals surface area (Å²) >= 11 is 0. The monoisotopic (exact) mass is 334 g/mol. The molecule has 2 aromatic heterocycles. The number of pyridine rings is 2. The third-order valence-electron chi connectivity index (χ3n) is 2.04. The van der Waals surface area contributed by atoms with Crippen molar-refractivity contribution < 1.29 is 36.9 Å². The molecule has 0 saturated carbocycles. The average molecular weight is 334 g/mol. The summed E-state index contributed by atoms with van der Waals surface area (Å²) in [4.78, 5) is 46.0. The number of carbonyl (C=O) groups is 2. The predicted octanol–water partition coefficient (Wildman–Crippen LogP) is 0.144. The van der Waals surface area contributed by atoms with Gasteiger partial charge in [0.05, 0.1) is 11.1 Å². The van der Waals surface area contributed by atoms with Crippen molar-refractivity contribution in [1.29, 1.82) is 0 Å². The smallest absolute Gasteiger partial charge is 0.335 e.